The number of aromatic nitrogens is 1. The summed E-state index contributed by atoms with van der Waals surface area (Å²) in [6.45, 7) is 4.39. The van der Waals surface area contributed by atoms with Crippen molar-refractivity contribution in [2.24, 2.45) is 0 Å². The topological polar surface area (TPSA) is 16.1 Å². The van der Waals surface area contributed by atoms with Gasteiger partial charge in [0.05, 0.1) is 0 Å². The molecule has 1 aromatic heterocycles. The molecule has 1 saturated heterocycles. The summed E-state index contributed by atoms with van der Waals surface area (Å²) < 4.78 is 0. The fraction of sp³-hybridized carbons (Fsp3) is 0.500. The number of thioether (sulfide) groups is 1. The van der Waals surface area contributed by atoms with Crippen molar-refractivity contribution in [3.05, 3.63) is 23.4 Å². The molecule has 0 aromatic carbocycles. The lowest BCUT2D eigenvalue weighted by atomic mass is 10.3. The van der Waals surface area contributed by atoms with E-state index in [1.165, 1.54) is 5.75 Å². The zero-order valence-electron chi connectivity index (χ0n) is 8.11. The van der Waals surface area contributed by atoms with Crippen LogP contribution in [0.1, 0.15) is 6.92 Å². The van der Waals surface area contributed by atoms with Gasteiger partial charge < -0.3 is 4.90 Å². The van der Waals surface area contributed by atoms with E-state index in [0.29, 0.717) is 10.4 Å². The summed E-state index contributed by atoms with van der Waals surface area (Å²) in [5, 5.41) is 1.26. The van der Waals surface area contributed by atoms with Crippen LogP contribution in [0.5, 0.6) is 0 Å². The number of rotatable bonds is 1. The normalized spacial score (nSPS) is 22.4. The molecule has 2 heterocycles. The van der Waals surface area contributed by atoms with Crippen molar-refractivity contribution in [3.8, 4) is 0 Å². The van der Waals surface area contributed by atoms with Crippen LogP contribution in [-0.4, -0.2) is 29.1 Å². The second kappa shape index (κ2) is 4.41. The third-order valence-electron chi connectivity index (χ3n) is 2.27. The van der Waals surface area contributed by atoms with Crippen LogP contribution in [0.15, 0.2) is 18.2 Å². The van der Waals surface area contributed by atoms with Gasteiger partial charge in [-0.1, -0.05) is 24.6 Å². The molecule has 0 N–H and O–H groups in total. The summed E-state index contributed by atoms with van der Waals surface area (Å²) in [7, 11) is 0. The Bertz CT molecular complexity index is 319. The molecule has 2 nitrogen and oxygen atoms in total. The molecule has 14 heavy (non-hydrogen) atoms. The fourth-order valence-electron chi connectivity index (χ4n) is 1.60. The van der Waals surface area contributed by atoms with E-state index < -0.39 is 0 Å². The minimum Gasteiger partial charge on any atom is -0.355 e. The zero-order chi connectivity index (χ0) is 9.97. The first-order valence-electron chi connectivity index (χ1n) is 4.75. The highest BCUT2D eigenvalue weighted by atomic mass is 35.5. The SMILES string of the molecule is CC1CN(c2cccc(Cl)n2)CCS1. The molecule has 0 aliphatic carbocycles. The van der Waals surface area contributed by atoms with Crippen molar-refractivity contribution in [2.75, 3.05) is 23.7 Å². The number of nitrogens with zero attached hydrogens (tertiary/aromatic N) is 2. The highest BCUT2D eigenvalue weighted by molar-refractivity contribution is 8.00. The third kappa shape index (κ3) is 2.34. The standard InChI is InChI=1S/C10H13ClN2S/c1-8-7-13(5-6-14-8)10-4-2-3-9(11)12-10/h2-4,8H,5-7H2,1H3. The highest BCUT2D eigenvalue weighted by Crippen LogP contribution is 2.22. The Kier molecular flexibility index (Phi) is 3.19. The van der Waals surface area contributed by atoms with E-state index in [4.69, 9.17) is 11.6 Å². The van der Waals surface area contributed by atoms with E-state index in [1.807, 2.05) is 30.0 Å². The molecule has 1 atom stereocenters. The van der Waals surface area contributed by atoms with Crippen LogP contribution >= 0.6 is 23.4 Å². The van der Waals surface area contributed by atoms with Crippen LogP contribution < -0.4 is 4.90 Å². The van der Waals surface area contributed by atoms with Gasteiger partial charge in [-0.15, -0.1) is 0 Å². The smallest absolute Gasteiger partial charge is 0.131 e. The molecule has 1 aliphatic heterocycles. The Morgan fingerprint density at radius 2 is 2.43 bits per heavy atom. The van der Waals surface area contributed by atoms with Crippen LogP contribution in [0.2, 0.25) is 5.15 Å². The molecule has 0 saturated carbocycles. The molecule has 2 rings (SSSR count). The van der Waals surface area contributed by atoms with E-state index >= 15 is 0 Å². The lowest BCUT2D eigenvalue weighted by Gasteiger charge is -2.31. The Balaban J connectivity index is 2.14. The van der Waals surface area contributed by atoms with E-state index in [9.17, 15) is 0 Å². The predicted molar refractivity (Wildman–Crippen MR) is 63.4 cm³/mol. The molecule has 76 valence electrons. The van der Waals surface area contributed by atoms with Gasteiger partial charge in [-0.25, -0.2) is 4.98 Å². The van der Waals surface area contributed by atoms with Gasteiger partial charge in [0, 0.05) is 24.1 Å². The maximum absolute atomic E-state index is 5.86. The molecular formula is C10H13ClN2S. The largest absolute Gasteiger partial charge is 0.355 e. The van der Waals surface area contributed by atoms with Crippen LogP contribution in [0.25, 0.3) is 0 Å². The Morgan fingerprint density at radius 1 is 1.57 bits per heavy atom. The highest BCUT2D eigenvalue weighted by Gasteiger charge is 2.17. The van der Waals surface area contributed by atoms with E-state index in [-0.39, 0.29) is 0 Å². The average Bonchev–Trinajstić information content (AvgIpc) is 2.18. The summed E-state index contributed by atoms with van der Waals surface area (Å²) >= 11 is 7.88. The van der Waals surface area contributed by atoms with Gasteiger partial charge >= 0.3 is 0 Å². The fourth-order valence-corrected chi connectivity index (χ4v) is 2.77. The van der Waals surface area contributed by atoms with Crippen molar-refractivity contribution in [2.45, 2.75) is 12.2 Å². The number of hydrogen-bond donors (Lipinski definition) is 0. The molecule has 4 heteroatoms. The molecule has 1 unspecified atom stereocenters. The number of hydrogen-bond acceptors (Lipinski definition) is 3. The monoisotopic (exact) mass is 228 g/mol. The second-order valence-corrected chi connectivity index (χ2v) is 5.38. The lowest BCUT2D eigenvalue weighted by molar-refractivity contribution is 0.770. The summed E-state index contributed by atoms with van der Waals surface area (Å²) in [4.78, 5) is 6.61. The number of anilines is 1. The number of pyridine rings is 1. The summed E-state index contributed by atoms with van der Waals surface area (Å²) in [6, 6.07) is 5.79. The average molecular weight is 229 g/mol. The van der Waals surface area contributed by atoms with Crippen molar-refractivity contribution in [1.82, 2.24) is 4.98 Å². The maximum atomic E-state index is 5.86. The Hall–Kier alpha value is -0.410. The summed E-state index contributed by atoms with van der Waals surface area (Å²) in [5.41, 5.74) is 0. The molecule has 1 aliphatic rings. The predicted octanol–water partition coefficient (Wildman–Crippen LogP) is 2.68. The van der Waals surface area contributed by atoms with Gasteiger partial charge in [-0.05, 0) is 12.1 Å². The Morgan fingerprint density at radius 3 is 3.14 bits per heavy atom. The van der Waals surface area contributed by atoms with Crippen LogP contribution in [0.4, 0.5) is 5.82 Å². The minimum absolute atomic E-state index is 0.577. The molecule has 1 fully saturated rings. The molecule has 0 amide bonds. The summed E-state index contributed by atoms with van der Waals surface area (Å²) in [5.74, 6) is 2.18. The second-order valence-electron chi connectivity index (χ2n) is 3.45. The molecule has 0 bridgehead atoms. The first-order chi connectivity index (χ1) is 6.75. The van der Waals surface area contributed by atoms with E-state index in [2.05, 4.69) is 16.8 Å². The van der Waals surface area contributed by atoms with Crippen LogP contribution in [0, 0.1) is 0 Å². The van der Waals surface area contributed by atoms with Crippen molar-refractivity contribution in [3.63, 3.8) is 0 Å². The third-order valence-corrected chi connectivity index (χ3v) is 3.61. The van der Waals surface area contributed by atoms with Gasteiger partial charge in [0.15, 0.2) is 0 Å². The molecule has 1 aromatic rings. The van der Waals surface area contributed by atoms with Gasteiger partial charge in [0.2, 0.25) is 0 Å². The van der Waals surface area contributed by atoms with E-state index in [1.54, 1.807) is 0 Å². The van der Waals surface area contributed by atoms with Crippen LogP contribution in [0.3, 0.4) is 0 Å². The molecule has 0 radical (unpaired) electrons. The first kappa shape index (κ1) is 10.1. The van der Waals surface area contributed by atoms with Gasteiger partial charge in [-0.2, -0.15) is 11.8 Å². The zero-order valence-corrected chi connectivity index (χ0v) is 9.68. The van der Waals surface area contributed by atoms with Crippen molar-refractivity contribution >= 4 is 29.2 Å². The number of halogens is 1. The Labute approximate surface area is 93.7 Å². The minimum atomic E-state index is 0.577. The maximum Gasteiger partial charge on any atom is 0.131 e. The van der Waals surface area contributed by atoms with Crippen molar-refractivity contribution < 1.29 is 0 Å². The van der Waals surface area contributed by atoms with Gasteiger partial charge in [-0.3, -0.25) is 0 Å². The van der Waals surface area contributed by atoms with E-state index in [0.717, 1.165) is 18.9 Å². The van der Waals surface area contributed by atoms with Gasteiger partial charge in [0.1, 0.15) is 11.0 Å². The molecular weight excluding hydrogens is 216 g/mol. The molecule has 0 spiro atoms. The lowest BCUT2D eigenvalue weighted by Crippen LogP contribution is -2.37. The summed E-state index contributed by atoms with van der Waals surface area (Å²) in [6.07, 6.45) is 0. The quantitative estimate of drug-likeness (QED) is 0.688. The van der Waals surface area contributed by atoms with Crippen molar-refractivity contribution in [1.29, 1.82) is 0 Å². The van der Waals surface area contributed by atoms with Gasteiger partial charge in [0.25, 0.3) is 0 Å². The first-order valence-corrected chi connectivity index (χ1v) is 6.17. The van der Waals surface area contributed by atoms with Crippen LogP contribution in [-0.2, 0) is 0 Å².